The standard InChI is InChI=1S/C12H20N2O2S/c1-4-7-14(3)17(15,16)12-6-5-11(9-13)10(2)8-12/h5-6,8H,4,7,9,13H2,1-3H3. The van der Waals surface area contributed by atoms with Gasteiger partial charge in [-0.25, -0.2) is 12.7 Å². The number of nitrogens with two attached hydrogens (primary N) is 1. The van der Waals surface area contributed by atoms with Crippen molar-refractivity contribution in [2.75, 3.05) is 13.6 Å². The fourth-order valence-electron chi connectivity index (χ4n) is 1.67. The van der Waals surface area contributed by atoms with Gasteiger partial charge in [0.2, 0.25) is 10.0 Å². The Balaban J connectivity index is 3.12. The Morgan fingerprint density at radius 3 is 2.47 bits per heavy atom. The summed E-state index contributed by atoms with van der Waals surface area (Å²) in [5.74, 6) is 0. The SMILES string of the molecule is CCCN(C)S(=O)(=O)c1ccc(CN)c(C)c1. The van der Waals surface area contributed by atoms with Crippen LogP contribution in [0.3, 0.4) is 0 Å². The summed E-state index contributed by atoms with van der Waals surface area (Å²) in [4.78, 5) is 0.336. The molecule has 5 heteroatoms. The van der Waals surface area contributed by atoms with Gasteiger partial charge in [-0.2, -0.15) is 0 Å². The lowest BCUT2D eigenvalue weighted by atomic mass is 10.1. The summed E-state index contributed by atoms with van der Waals surface area (Å²) in [5, 5.41) is 0. The minimum Gasteiger partial charge on any atom is -0.326 e. The number of hydrogen-bond acceptors (Lipinski definition) is 3. The van der Waals surface area contributed by atoms with Crippen molar-refractivity contribution in [3.8, 4) is 0 Å². The normalized spacial score (nSPS) is 12.1. The zero-order valence-electron chi connectivity index (χ0n) is 10.6. The molecule has 0 unspecified atom stereocenters. The van der Waals surface area contributed by atoms with Crippen molar-refractivity contribution < 1.29 is 8.42 Å². The molecule has 17 heavy (non-hydrogen) atoms. The summed E-state index contributed by atoms with van der Waals surface area (Å²) in [5.41, 5.74) is 7.45. The predicted octanol–water partition coefficient (Wildman–Crippen LogP) is 1.48. The van der Waals surface area contributed by atoms with Gasteiger partial charge in [0.1, 0.15) is 0 Å². The Bertz CT molecular complexity index is 483. The molecule has 1 aromatic rings. The van der Waals surface area contributed by atoms with Gasteiger partial charge in [0.05, 0.1) is 4.90 Å². The third-order valence-corrected chi connectivity index (χ3v) is 4.63. The molecule has 2 N–H and O–H groups in total. The summed E-state index contributed by atoms with van der Waals surface area (Å²) in [6, 6.07) is 5.09. The van der Waals surface area contributed by atoms with Crippen LogP contribution in [-0.2, 0) is 16.6 Å². The molecule has 96 valence electrons. The Kier molecular flexibility index (Phi) is 4.68. The molecule has 1 aromatic carbocycles. The van der Waals surface area contributed by atoms with Gasteiger partial charge in [-0.15, -0.1) is 0 Å². The molecule has 0 bridgehead atoms. The van der Waals surface area contributed by atoms with E-state index < -0.39 is 10.0 Å². The lowest BCUT2D eigenvalue weighted by molar-refractivity contribution is 0.468. The zero-order chi connectivity index (χ0) is 13.1. The van der Waals surface area contributed by atoms with Gasteiger partial charge in [-0.05, 0) is 36.6 Å². The molecule has 0 aliphatic heterocycles. The van der Waals surface area contributed by atoms with E-state index in [1.165, 1.54) is 4.31 Å². The van der Waals surface area contributed by atoms with Crippen molar-refractivity contribution >= 4 is 10.0 Å². The predicted molar refractivity (Wildman–Crippen MR) is 69.2 cm³/mol. The van der Waals surface area contributed by atoms with Gasteiger partial charge in [0, 0.05) is 20.1 Å². The largest absolute Gasteiger partial charge is 0.326 e. The van der Waals surface area contributed by atoms with E-state index in [2.05, 4.69) is 0 Å². The summed E-state index contributed by atoms with van der Waals surface area (Å²) in [6.45, 7) is 4.78. The van der Waals surface area contributed by atoms with Crippen molar-refractivity contribution in [3.05, 3.63) is 29.3 Å². The molecule has 0 amide bonds. The van der Waals surface area contributed by atoms with Crippen LogP contribution in [0.4, 0.5) is 0 Å². The van der Waals surface area contributed by atoms with E-state index in [1.54, 1.807) is 25.2 Å². The van der Waals surface area contributed by atoms with Crippen LogP contribution in [0.15, 0.2) is 23.1 Å². The molecular formula is C12H20N2O2S. The molecule has 0 saturated carbocycles. The van der Waals surface area contributed by atoms with Crippen LogP contribution >= 0.6 is 0 Å². The van der Waals surface area contributed by atoms with Crippen LogP contribution in [-0.4, -0.2) is 26.3 Å². The second-order valence-corrected chi connectivity index (χ2v) is 6.16. The van der Waals surface area contributed by atoms with Gasteiger partial charge in [0.15, 0.2) is 0 Å². The first-order valence-corrected chi connectivity index (χ1v) is 7.13. The molecule has 0 fully saturated rings. The van der Waals surface area contributed by atoms with Crippen LogP contribution in [0.2, 0.25) is 0 Å². The second-order valence-electron chi connectivity index (χ2n) is 4.12. The molecule has 0 aliphatic carbocycles. The van der Waals surface area contributed by atoms with Crippen LogP contribution in [0.5, 0.6) is 0 Å². The third kappa shape index (κ3) is 3.06. The van der Waals surface area contributed by atoms with Gasteiger partial charge in [-0.3, -0.25) is 0 Å². The van der Waals surface area contributed by atoms with E-state index >= 15 is 0 Å². The van der Waals surface area contributed by atoms with Crippen molar-refractivity contribution in [2.45, 2.75) is 31.7 Å². The van der Waals surface area contributed by atoms with E-state index in [-0.39, 0.29) is 0 Å². The van der Waals surface area contributed by atoms with Crippen molar-refractivity contribution in [1.82, 2.24) is 4.31 Å². The lowest BCUT2D eigenvalue weighted by Gasteiger charge is -2.17. The van der Waals surface area contributed by atoms with Crippen LogP contribution < -0.4 is 5.73 Å². The van der Waals surface area contributed by atoms with Crippen molar-refractivity contribution in [1.29, 1.82) is 0 Å². The molecule has 0 atom stereocenters. The van der Waals surface area contributed by atoms with Crippen molar-refractivity contribution in [3.63, 3.8) is 0 Å². The average Bonchev–Trinajstić information content (AvgIpc) is 2.29. The van der Waals surface area contributed by atoms with Crippen LogP contribution in [0.1, 0.15) is 24.5 Å². The maximum Gasteiger partial charge on any atom is 0.242 e. The van der Waals surface area contributed by atoms with Gasteiger partial charge < -0.3 is 5.73 Å². The highest BCUT2D eigenvalue weighted by Crippen LogP contribution is 2.18. The van der Waals surface area contributed by atoms with Crippen LogP contribution in [0, 0.1) is 6.92 Å². The summed E-state index contributed by atoms with van der Waals surface area (Å²) in [6.07, 6.45) is 0.801. The van der Waals surface area contributed by atoms with E-state index in [4.69, 9.17) is 5.73 Å². The van der Waals surface area contributed by atoms with E-state index in [0.717, 1.165) is 17.5 Å². The number of hydrogen-bond donors (Lipinski definition) is 1. The molecule has 1 rings (SSSR count). The first-order valence-electron chi connectivity index (χ1n) is 5.69. The third-order valence-electron chi connectivity index (χ3n) is 2.78. The minimum absolute atomic E-state index is 0.336. The van der Waals surface area contributed by atoms with Gasteiger partial charge >= 0.3 is 0 Å². The number of benzene rings is 1. The summed E-state index contributed by atoms with van der Waals surface area (Å²) < 4.78 is 25.7. The quantitative estimate of drug-likeness (QED) is 0.868. The van der Waals surface area contributed by atoms with E-state index in [0.29, 0.717) is 18.0 Å². The molecule has 0 aliphatic rings. The first kappa shape index (κ1) is 14.2. The molecule has 4 nitrogen and oxygen atoms in total. The highest BCUT2D eigenvalue weighted by molar-refractivity contribution is 7.89. The maximum absolute atomic E-state index is 12.2. The minimum atomic E-state index is -3.36. The molecule has 0 spiro atoms. The monoisotopic (exact) mass is 256 g/mol. The fraction of sp³-hybridized carbons (Fsp3) is 0.500. The zero-order valence-corrected chi connectivity index (χ0v) is 11.4. The molecule has 0 saturated heterocycles. The Morgan fingerprint density at radius 2 is 2.00 bits per heavy atom. The molecule has 0 heterocycles. The van der Waals surface area contributed by atoms with E-state index in [9.17, 15) is 8.42 Å². The average molecular weight is 256 g/mol. The highest BCUT2D eigenvalue weighted by atomic mass is 32.2. The first-order chi connectivity index (χ1) is 7.93. The molecular weight excluding hydrogens is 236 g/mol. The van der Waals surface area contributed by atoms with Crippen molar-refractivity contribution in [2.24, 2.45) is 5.73 Å². The smallest absolute Gasteiger partial charge is 0.242 e. The molecule has 0 aromatic heterocycles. The summed E-state index contributed by atoms with van der Waals surface area (Å²) in [7, 11) is -1.75. The number of nitrogens with zero attached hydrogens (tertiary/aromatic N) is 1. The Morgan fingerprint density at radius 1 is 1.35 bits per heavy atom. The van der Waals surface area contributed by atoms with Gasteiger partial charge in [-0.1, -0.05) is 13.0 Å². The fourth-order valence-corrected chi connectivity index (χ4v) is 3.02. The Labute approximate surface area is 103 Å². The molecule has 0 radical (unpaired) electrons. The van der Waals surface area contributed by atoms with Gasteiger partial charge in [0.25, 0.3) is 0 Å². The number of aryl methyl sites for hydroxylation is 1. The number of rotatable bonds is 5. The van der Waals surface area contributed by atoms with Crippen LogP contribution in [0.25, 0.3) is 0 Å². The number of sulfonamides is 1. The lowest BCUT2D eigenvalue weighted by Crippen LogP contribution is -2.27. The second kappa shape index (κ2) is 5.62. The highest BCUT2D eigenvalue weighted by Gasteiger charge is 2.20. The van der Waals surface area contributed by atoms with E-state index in [1.807, 2.05) is 13.8 Å². The topological polar surface area (TPSA) is 63.4 Å². The Hall–Kier alpha value is -0.910. The maximum atomic E-state index is 12.2. The summed E-state index contributed by atoms with van der Waals surface area (Å²) >= 11 is 0.